The van der Waals surface area contributed by atoms with Crippen LogP contribution in [0.5, 0.6) is 0 Å². The second-order valence-electron chi connectivity index (χ2n) is 5.58. The van der Waals surface area contributed by atoms with Gasteiger partial charge in [-0.1, -0.05) is 19.9 Å². The molecule has 1 N–H and O–H groups in total. The molecule has 0 aliphatic heterocycles. The molecule has 1 aromatic carbocycles. The number of nitrogens with zero attached hydrogens (tertiary/aromatic N) is 4. The number of nitro benzene ring substituents is 1. The second kappa shape index (κ2) is 8.69. The van der Waals surface area contributed by atoms with Crippen molar-refractivity contribution in [2.24, 2.45) is 5.10 Å². The number of sulfonamides is 1. The van der Waals surface area contributed by atoms with Gasteiger partial charge in [-0.15, -0.1) is 0 Å². The van der Waals surface area contributed by atoms with Crippen LogP contribution < -0.4 is 5.43 Å². The summed E-state index contributed by atoms with van der Waals surface area (Å²) in [5.41, 5.74) is 3.71. The number of nitro groups is 1. The highest BCUT2D eigenvalue weighted by Crippen LogP contribution is 2.29. The highest BCUT2D eigenvalue weighted by Gasteiger charge is 2.25. The van der Waals surface area contributed by atoms with Crippen molar-refractivity contribution in [3.05, 3.63) is 58.4 Å². The summed E-state index contributed by atoms with van der Waals surface area (Å²) in [5, 5.41) is 15.6. The van der Waals surface area contributed by atoms with E-state index in [1.165, 1.54) is 16.4 Å². The fraction of sp³-hybridized carbons (Fsp3) is 0.294. The van der Waals surface area contributed by atoms with E-state index in [0.29, 0.717) is 5.71 Å². The molecule has 0 saturated heterocycles. The van der Waals surface area contributed by atoms with Crippen LogP contribution in [0.1, 0.15) is 26.3 Å². The van der Waals surface area contributed by atoms with Crippen molar-refractivity contribution < 1.29 is 13.3 Å². The molecule has 0 unspecified atom stereocenters. The average molecular weight is 391 g/mol. The number of nitrogens with one attached hydrogen (secondary N) is 1. The van der Waals surface area contributed by atoms with E-state index in [2.05, 4.69) is 15.5 Å². The Morgan fingerprint density at radius 2 is 2.00 bits per heavy atom. The van der Waals surface area contributed by atoms with Gasteiger partial charge >= 0.3 is 0 Å². The van der Waals surface area contributed by atoms with E-state index in [1.807, 2.05) is 6.07 Å². The molecule has 0 atom stereocenters. The summed E-state index contributed by atoms with van der Waals surface area (Å²) in [5.74, 6) is 0. The summed E-state index contributed by atoms with van der Waals surface area (Å²) < 4.78 is 26.4. The Labute approximate surface area is 157 Å². The van der Waals surface area contributed by atoms with Crippen LogP contribution in [0, 0.1) is 10.1 Å². The van der Waals surface area contributed by atoms with Gasteiger partial charge in [-0.25, -0.2) is 8.42 Å². The predicted octanol–water partition coefficient (Wildman–Crippen LogP) is 2.86. The van der Waals surface area contributed by atoms with Gasteiger partial charge in [0.05, 0.1) is 15.5 Å². The molecule has 1 aromatic heterocycles. The van der Waals surface area contributed by atoms with Crippen molar-refractivity contribution >= 4 is 27.1 Å². The molecule has 0 spiro atoms. The van der Waals surface area contributed by atoms with Gasteiger partial charge in [-0.2, -0.15) is 9.41 Å². The molecule has 10 heteroatoms. The van der Waals surface area contributed by atoms with Gasteiger partial charge in [-0.05, 0) is 25.1 Å². The summed E-state index contributed by atoms with van der Waals surface area (Å²) in [6.07, 6.45) is 3.25. The fourth-order valence-corrected chi connectivity index (χ4v) is 3.89. The molecular weight excluding hydrogens is 370 g/mol. The molecule has 2 aromatic rings. The Balaban J connectivity index is 2.38. The minimum absolute atomic E-state index is 0.0988. The van der Waals surface area contributed by atoms with Crippen LogP contribution in [-0.4, -0.2) is 41.4 Å². The van der Waals surface area contributed by atoms with Crippen LogP contribution in [0.4, 0.5) is 11.4 Å². The first-order valence-corrected chi connectivity index (χ1v) is 9.74. The molecule has 0 aliphatic rings. The molecule has 0 saturated carbocycles. The first-order valence-electron chi connectivity index (χ1n) is 8.30. The first-order chi connectivity index (χ1) is 12.8. The maximum absolute atomic E-state index is 12.6. The average Bonchev–Trinajstić information content (AvgIpc) is 2.67. The SMILES string of the molecule is CCN(CC)S(=O)(=O)c1ccc(N/N=C(/C)c2cccnc2)c([N+](=O)[O-])c1. The Hall–Kier alpha value is -2.85. The van der Waals surface area contributed by atoms with Crippen LogP contribution in [0.2, 0.25) is 0 Å². The lowest BCUT2D eigenvalue weighted by Gasteiger charge is -2.18. The fourth-order valence-electron chi connectivity index (χ4n) is 2.42. The summed E-state index contributed by atoms with van der Waals surface area (Å²) in [4.78, 5) is 14.6. The number of benzene rings is 1. The molecule has 27 heavy (non-hydrogen) atoms. The van der Waals surface area contributed by atoms with Crippen LogP contribution >= 0.6 is 0 Å². The Bertz CT molecular complexity index is 941. The third kappa shape index (κ3) is 4.66. The number of hydrogen-bond donors (Lipinski definition) is 1. The Kier molecular flexibility index (Phi) is 6.59. The molecule has 0 radical (unpaired) electrons. The highest BCUT2D eigenvalue weighted by molar-refractivity contribution is 7.89. The van der Waals surface area contributed by atoms with Crippen molar-refractivity contribution in [2.75, 3.05) is 18.5 Å². The van der Waals surface area contributed by atoms with E-state index in [1.54, 1.807) is 39.2 Å². The normalized spacial score (nSPS) is 12.2. The van der Waals surface area contributed by atoms with Gasteiger partial charge in [0, 0.05) is 37.1 Å². The van der Waals surface area contributed by atoms with Crippen molar-refractivity contribution in [3.63, 3.8) is 0 Å². The zero-order valence-corrected chi connectivity index (χ0v) is 16.1. The topological polar surface area (TPSA) is 118 Å². The maximum atomic E-state index is 12.6. The quantitative estimate of drug-likeness (QED) is 0.420. The van der Waals surface area contributed by atoms with Gasteiger partial charge in [0.1, 0.15) is 5.69 Å². The summed E-state index contributed by atoms with van der Waals surface area (Å²) in [6, 6.07) is 7.28. The lowest BCUT2D eigenvalue weighted by molar-refractivity contribution is -0.384. The van der Waals surface area contributed by atoms with E-state index in [4.69, 9.17) is 0 Å². The summed E-state index contributed by atoms with van der Waals surface area (Å²) >= 11 is 0. The van der Waals surface area contributed by atoms with Gasteiger partial charge in [0.25, 0.3) is 5.69 Å². The number of aromatic nitrogens is 1. The zero-order valence-electron chi connectivity index (χ0n) is 15.3. The minimum Gasteiger partial charge on any atom is -0.271 e. The monoisotopic (exact) mass is 391 g/mol. The lowest BCUT2D eigenvalue weighted by atomic mass is 10.2. The standard InChI is InChI=1S/C17H21N5O4S/c1-4-21(5-2)27(25,26)15-8-9-16(17(11-15)22(23)24)20-19-13(3)14-7-6-10-18-12-14/h6-12,20H,4-5H2,1-3H3/b19-13-. The lowest BCUT2D eigenvalue weighted by Crippen LogP contribution is -2.30. The molecular formula is C17H21N5O4S. The molecule has 0 bridgehead atoms. The van der Waals surface area contributed by atoms with Gasteiger partial charge in [0.2, 0.25) is 10.0 Å². The van der Waals surface area contributed by atoms with Crippen LogP contribution in [-0.2, 0) is 10.0 Å². The second-order valence-corrected chi connectivity index (χ2v) is 7.51. The third-order valence-electron chi connectivity index (χ3n) is 3.93. The Morgan fingerprint density at radius 3 is 2.56 bits per heavy atom. The van der Waals surface area contributed by atoms with Crippen molar-refractivity contribution in [2.45, 2.75) is 25.7 Å². The van der Waals surface area contributed by atoms with Gasteiger partial charge in [0.15, 0.2) is 0 Å². The van der Waals surface area contributed by atoms with Crippen molar-refractivity contribution in [3.8, 4) is 0 Å². The van der Waals surface area contributed by atoms with E-state index < -0.39 is 14.9 Å². The minimum atomic E-state index is -3.79. The van der Waals surface area contributed by atoms with Crippen molar-refractivity contribution in [1.82, 2.24) is 9.29 Å². The smallest absolute Gasteiger partial charge is 0.271 e. The molecule has 0 amide bonds. The maximum Gasteiger partial charge on any atom is 0.295 e. The van der Waals surface area contributed by atoms with Crippen molar-refractivity contribution in [1.29, 1.82) is 0 Å². The largest absolute Gasteiger partial charge is 0.295 e. The first kappa shape index (κ1) is 20.5. The molecule has 144 valence electrons. The molecule has 2 rings (SSSR count). The van der Waals surface area contributed by atoms with Gasteiger partial charge in [-0.3, -0.25) is 20.5 Å². The summed E-state index contributed by atoms with van der Waals surface area (Å²) in [7, 11) is -3.79. The summed E-state index contributed by atoms with van der Waals surface area (Å²) in [6.45, 7) is 5.71. The van der Waals surface area contributed by atoms with E-state index in [0.717, 1.165) is 11.6 Å². The third-order valence-corrected chi connectivity index (χ3v) is 5.98. The molecule has 1 heterocycles. The number of rotatable bonds is 8. The highest BCUT2D eigenvalue weighted by atomic mass is 32.2. The van der Waals surface area contributed by atoms with Crippen LogP contribution in [0.15, 0.2) is 52.7 Å². The van der Waals surface area contributed by atoms with Crippen LogP contribution in [0.25, 0.3) is 0 Å². The Morgan fingerprint density at radius 1 is 1.30 bits per heavy atom. The van der Waals surface area contributed by atoms with E-state index in [-0.39, 0.29) is 29.4 Å². The molecule has 9 nitrogen and oxygen atoms in total. The van der Waals surface area contributed by atoms with E-state index in [9.17, 15) is 18.5 Å². The number of pyridine rings is 1. The predicted molar refractivity (Wildman–Crippen MR) is 103 cm³/mol. The van der Waals surface area contributed by atoms with Crippen LogP contribution in [0.3, 0.4) is 0 Å². The number of anilines is 1. The van der Waals surface area contributed by atoms with Gasteiger partial charge < -0.3 is 0 Å². The molecule has 0 aliphatic carbocycles. The zero-order chi connectivity index (χ0) is 20.0. The number of hydrogen-bond acceptors (Lipinski definition) is 7. The number of hydrazone groups is 1. The molecule has 0 fully saturated rings. The van der Waals surface area contributed by atoms with E-state index >= 15 is 0 Å².